The van der Waals surface area contributed by atoms with Crippen LogP contribution in [0.3, 0.4) is 0 Å². The minimum atomic E-state index is 0.179. The molecule has 0 aliphatic carbocycles. The molecule has 2 aromatic heterocycles. The van der Waals surface area contributed by atoms with Crippen LogP contribution in [0.15, 0.2) is 30.9 Å². The maximum absolute atomic E-state index is 4.36. The van der Waals surface area contributed by atoms with E-state index in [0.717, 1.165) is 17.8 Å². The lowest BCUT2D eigenvalue weighted by atomic mass is 10.1. The number of rotatable bonds is 4. The van der Waals surface area contributed by atoms with Gasteiger partial charge in [0.05, 0.1) is 17.4 Å². The van der Waals surface area contributed by atoms with Crippen LogP contribution in [0, 0.1) is 0 Å². The highest BCUT2D eigenvalue weighted by atomic mass is 15.2. The highest BCUT2D eigenvalue weighted by Crippen LogP contribution is 2.13. The Hall–Kier alpha value is -1.75. The quantitative estimate of drug-likeness (QED) is 0.819. The van der Waals surface area contributed by atoms with Crippen molar-refractivity contribution in [3.8, 4) is 0 Å². The van der Waals surface area contributed by atoms with Crippen LogP contribution in [0.2, 0.25) is 0 Å². The zero-order chi connectivity index (χ0) is 11.4. The van der Waals surface area contributed by atoms with Crippen molar-refractivity contribution in [2.75, 3.05) is 7.05 Å². The number of hydrogen-bond donors (Lipinski definition) is 1. The second kappa shape index (κ2) is 4.85. The number of nitrogens with zero attached hydrogens (tertiary/aromatic N) is 4. The molecule has 0 saturated heterocycles. The Morgan fingerprint density at radius 2 is 2.31 bits per heavy atom. The molecule has 0 bridgehead atoms. The lowest BCUT2D eigenvalue weighted by molar-refractivity contribution is 0.561. The second-order valence-corrected chi connectivity index (χ2v) is 3.66. The van der Waals surface area contributed by atoms with Gasteiger partial charge in [-0.1, -0.05) is 0 Å². The van der Waals surface area contributed by atoms with Crippen molar-refractivity contribution in [1.82, 2.24) is 25.1 Å². The van der Waals surface area contributed by atoms with Gasteiger partial charge in [0.15, 0.2) is 0 Å². The Morgan fingerprint density at radius 3 is 2.88 bits per heavy atom. The van der Waals surface area contributed by atoms with Crippen LogP contribution in [0.4, 0.5) is 0 Å². The smallest absolute Gasteiger partial charge is 0.115 e. The van der Waals surface area contributed by atoms with E-state index in [2.05, 4.69) is 20.4 Å². The normalized spacial score (nSPS) is 12.6. The predicted octanol–water partition coefficient (Wildman–Crippen LogP) is 0.713. The Labute approximate surface area is 94.5 Å². The zero-order valence-electron chi connectivity index (χ0n) is 9.46. The van der Waals surface area contributed by atoms with Crippen LogP contribution in [0.25, 0.3) is 0 Å². The topological polar surface area (TPSA) is 55.6 Å². The predicted molar refractivity (Wildman–Crippen MR) is 60.7 cm³/mol. The van der Waals surface area contributed by atoms with Gasteiger partial charge in [-0.25, -0.2) is 9.97 Å². The van der Waals surface area contributed by atoms with Crippen LogP contribution in [-0.2, 0) is 13.5 Å². The molecule has 5 heteroatoms. The van der Waals surface area contributed by atoms with E-state index in [0.29, 0.717) is 0 Å². The summed E-state index contributed by atoms with van der Waals surface area (Å²) >= 11 is 0. The van der Waals surface area contributed by atoms with Crippen molar-refractivity contribution in [3.05, 3.63) is 42.2 Å². The Morgan fingerprint density at radius 1 is 1.44 bits per heavy atom. The molecular weight excluding hydrogens is 202 g/mol. The first-order chi connectivity index (χ1) is 7.79. The molecule has 0 fully saturated rings. The van der Waals surface area contributed by atoms with Gasteiger partial charge in [0.1, 0.15) is 6.33 Å². The van der Waals surface area contributed by atoms with E-state index in [9.17, 15) is 0 Å². The molecule has 0 radical (unpaired) electrons. The van der Waals surface area contributed by atoms with Crippen molar-refractivity contribution in [2.24, 2.45) is 7.05 Å². The van der Waals surface area contributed by atoms with Crippen molar-refractivity contribution in [1.29, 1.82) is 0 Å². The minimum Gasteiger partial charge on any atom is -0.311 e. The van der Waals surface area contributed by atoms with Crippen LogP contribution in [0.1, 0.15) is 17.4 Å². The van der Waals surface area contributed by atoms with Crippen molar-refractivity contribution >= 4 is 0 Å². The van der Waals surface area contributed by atoms with E-state index in [1.165, 1.54) is 0 Å². The summed E-state index contributed by atoms with van der Waals surface area (Å²) in [4.78, 5) is 8.16. The monoisotopic (exact) mass is 217 g/mol. The maximum atomic E-state index is 4.36. The van der Waals surface area contributed by atoms with E-state index in [4.69, 9.17) is 0 Å². The molecule has 0 spiro atoms. The minimum absolute atomic E-state index is 0.179. The summed E-state index contributed by atoms with van der Waals surface area (Å²) in [6.45, 7) is 0. The Balaban J connectivity index is 2.12. The first-order valence-corrected chi connectivity index (χ1v) is 5.21. The summed E-state index contributed by atoms with van der Waals surface area (Å²) in [7, 11) is 3.85. The fourth-order valence-electron chi connectivity index (χ4n) is 1.64. The average molecular weight is 217 g/mol. The molecule has 2 heterocycles. The molecule has 16 heavy (non-hydrogen) atoms. The summed E-state index contributed by atoms with van der Waals surface area (Å²) in [5.74, 6) is 0. The van der Waals surface area contributed by atoms with E-state index < -0.39 is 0 Å². The molecular formula is C11H15N5. The van der Waals surface area contributed by atoms with Gasteiger partial charge >= 0.3 is 0 Å². The highest BCUT2D eigenvalue weighted by Gasteiger charge is 2.12. The van der Waals surface area contributed by atoms with Gasteiger partial charge in [-0.2, -0.15) is 5.10 Å². The van der Waals surface area contributed by atoms with Gasteiger partial charge in [0.25, 0.3) is 0 Å². The average Bonchev–Trinajstić information content (AvgIpc) is 2.73. The fraction of sp³-hybridized carbons (Fsp3) is 0.364. The summed E-state index contributed by atoms with van der Waals surface area (Å²) in [6, 6.07) is 4.12. The van der Waals surface area contributed by atoms with Crippen molar-refractivity contribution in [3.63, 3.8) is 0 Å². The molecule has 0 aliphatic heterocycles. The lowest BCUT2D eigenvalue weighted by Gasteiger charge is -2.13. The van der Waals surface area contributed by atoms with E-state index in [1.807, 2.05) is 37.1 Å². The summed E-state index contributed by atoms with van der Waals surface area (Å²) < 4.78 is 1.81. The first kappa shape index (κ1) is 10.8. The molecule has 2 rings (SSSR count). The molecule has 0 aliphatic rings. The molecule has 2 aromatic rings. The fourth-order valence-corrected chi connectivity index (χ4v) is 1.64. The molecule has 0 saturated carbocycles. The van der Waals surface area contributed by atoms with Gasteiger partial charge in [0.2, 0.25) is 0 Å². The largest absolute Gasteiger partial charge is 0.311 e. The molecule has 1 atom stereocenters. The number of likely N-dealkylation sites (N-methyl/N-ethyl adjacent to an activating group) is 1. The Kier molecular flexibility index (Phi) is 3.26. The summed E-state index contributed by atoms with van der Waals surface area (Å²) in [5, 5.41) is 7.59. The van der Waals surface area contributed by atoms with Gasteiger partial charge in [-0.05, 0) is 19.2 Å². The van der Waals surface area contributed by atoms with Crippen LogP contribution < -0.4 is 5.32 Å². The van der Waals surface area contributed by atoms with E-state index >= 15 is 0 Å². The standard InChI is InChI=1S/C11H15N5/c1-12-11(10-3-5-13-8-14-10)7-9-4-6-16(2)15-9/h3-6,8,11-12H,7H2,1-2H3. The number of hydrogen-bond acceptors (Lipinski definition) is 4. The first-order valence-electron chi connectivity index (χ1n) is 5.21. The van der Waals surface area contributed by atoms with Crippen LogP contribution in [0.5, 0.6) is 0 Å². The Bertz CT molecular complexity index is 437. The van der Waals surface area contributed by atoms with Crippen LogP contribution in [-0.4, -0.2) is 26.8 Å². The lowest BCUT2D eigenvalue weighted by Crippen LogP contribution is -2.20. The number of aromatic nitrogens is 4. The van der Waals surface area contributed by atoms with Gasteiger partial charge < -0.3 is 5.32 Å². The summed E-state index contributed by atoms with van der Waals surface area (Å²) in [6.07, 6.45) is 6.10. The number of aryl methyl sites for hydroxylation is 1. The third-order valence-electron chi connectivity index (χ3n) is 2.49. The maximum Gasteiger partial charge on any atom is 0.115 e. The molecule has 84 valence electrons. The molecule has 5 nitrogen and oxygen atoms in total. The summed E-state index contributed by atoms with van der Waals surface area (Å²) in [5.41, 5.74) is 2.05. The van der Waals surface area contributed by atoms with E-state index in [-0.39, 0.29) is 6.04 Å². The van der Waals surface area contributed by atoms with Crippen molar-refractivity contribution in [2.45, 2.75) is 12.5 Å². The highest BCUT2D eigenvalue weighted by molar-refractivity contribution is 5.10. The molecule has 0 amide bonds. The third kappa shape index (κ3) is 2.43. The van der Waals surface area contributed by atoms with E-state index in [1.54, 1.807) is 12.5 Å². The SMILES string of the molecule is CNC(Cc1ccn(C)n1)c1ccncn1. The molecule has 1 N–H and O–H groups in total. The van der Waals surface area contributed by atoms with Gasteiger partial charge in [-0.15, -0.1) is 0 Å². The number of nitrogens with one attached hydrogen (secondary N) is 1. The molecule has 1 unspecified atom stereocenters. The third-order valence-corrected chi connectivity index (χ3v) is 2.49. The van der Waals surface area contributed by atoms with Crippen molar-refractivity contribution < 1.29 is 0 Å². The van der Waals surface area contributed by atoms with Crippen LogP contribution >= 0.6 is 0 Å². The zero-order valence-corrected chi connectivity index (χ0v) is 9.46. The van der Waals surface area contributed by atoms with Gasteiger partial charge in [-0.3, -0.25) is 4.68 Å². The molecule has 0 aromatic carbocycles. The second-order valence-electron chi connectivity index (χ2n) is 3.66. The van der Waals surface area contributed by atoms with Gasteiger partial charge in [0, 0.05) is 25.9 Å².